The van der Waals surface area contributed by atoms with Gasteiger partial charge in [0.25, 0.3) is 5.69 Å². The third-order valence-electron chi connectivity index (χ3n) is 3.53. The lowest BCUT2D eigenvalue weighted by Gasteiger charge is -2.22. The van der Waals surface area contributed by atoms with E-state index in [0.29, 0.717) is 12.2 Å². The minimum atomic E-state index is -0.464. The van der Waals surface area contributed by atoms with Crippen LogP contribution in [0.3, 0.4) is 0 Å². The summed E-state index contributed by atoms with van der Waals surface area (Å²) in [5.41, 5.74) is 1.49. The molecular weight excluding hydrogens is 308 g/mol. The second-order valence-electron chi connectivity index (χ2n) is 5.32. The molecule has 0 spiro atoms. The Morgan fingerprint density at radius 2 is 1.79 bits per heavy atom. The van der Waals surface area contributed by atoms with E-state index in [1.54, 1.807) is 12.1 Å². The number of ether oxygens (including phenoxy) is 1. The fourth-order valence-electron chi connectivity index (χ4n) is 2.19. The van der Waals surface area contributed by atoms with Gasteiger partial charge in [-0.3, -0.25) is 15.0 Å². The number of unbranched alkanes of at least 4 members (excludes halogenated alkanes) is 1. The highest BCUT2D eigenvalue weighted by Gasteiger charge is 2.18. The van der Waals surface area contributed by atoms with Crippen molar-refractivity contribution in [2.24, 2.45) is 0 Å². The second kappa shape index (κ2) is 8.67. The predicted octanol–water partition coefficient (Wildman–Crippen LogP) is 4.54. The summed E-state index contributed by atoms with van der Waals surface area (Å²) in [6.45, 7) is 2.72. The predicted molar refractivity (Wildman–Crippen MR) is 92.0 cm³/mol. The second-order valence-corrected chi connectivity index (χ2v) is 5.32. The van der Waals surface area contributed by atoms with Crippen LogP contribution < -0.4 is 4.90 Å². The van der Waals surface area contributed by atoms with Crippen molar-refractivity contribution < 1.29 is 14.5 Å². The molecule has 0 atom stereocenters. The number of carbonyl (C=O) groups is 1. The molecule has 6 heteroatoms. The summed E-state index contributed by atoms with van der Waals surface area (Å²) in [5, 5.41) is 10.7. The quantitative estimate of drug-likeness (QED) is 0.552. The molecule has 0 aliphatic heterocycles. The molecule has 2 aromatic carbocycles. The maximum atomic E-state index is 12.4. The monoisotopic (exact) mass is 328 g/mol. The molecule has 0 aliphatic carbocycles. The summed E-state index contributed by atoms with van der Waals surface area (Å²) in [7, 11) is 0. The zero-order chi connectivity index (χ0) is 17.4. The van der Waals surface area contributed by atoms with Crippen molar-refractivity contribution >= 4 is 17.5 Å². The van der Waals surface area contributed by atoms with Crippen molar-refractivity contribution in [1.29, 1.82) is 0 Å². The molecule has 24 heavy (non-hydrogen) atoms. The molecule has 0 radical (unpaired) electrons. The lowest BCUT2D eigenvalue weighted by atomic mass is 10.2. The maximum absolute atomic E-state index is 12.4. The number of nitro benzene ring substituents is 1. The van der Waals surface area contributed by atoms with Gasteiger partial charge in [-0.2, -0.15) is 0 Å². The van der Waals surface area contributed by atoms with Crippen molar-refractivity contribution in [3.8, 4) is 0 Å². The Morgan fingerprint density at radius 1 is 1.12 bits per heavy atom. The molecule has 0 fully saturated rings. The van der Waals surface area contributed by atoms with Crippen LogP contribution in [0.1, 0.15) is 25.3 Å². The molecule has 2 rings (SSSR count). The number of hydrogen-bond acceptors (Lipinski definition) is 4. The van der Waals surface area contributed by atoms with Crippen molar-refractivity contribution in [1.82, 2.24) is 0 Å². The van der Waals surface area contributed by atoms with Crippen molar-refractivity contribution in [3.63, 3.8) is 0 Å². The minimum Gasteiger partial charge on any atom is -0.444 e. The van der Waals surface area contributed by atoms with E-state index in [1.807, 2.05) is 37.3 Å². The van der Waals surface area contributed by atoms with Gasteiger partial charge < -0.3 is 4.74 Å². The summed E-state index contributed by atoms with van der Waals surface area (Å²) >= 11 is 0. The van der Waals surface area contributed by atoms with Crippen molar-refractivity contribution in [2.45, 2.75) is 26.4 Å². The van der Waals surface area contributed by atoms with Gasteiger partial charge in [0.2, 0.25) is 0 Å². The number of benzene rings is 2. The summed E-state index contributed by atoms with van der Waals surface area (Å²) in [6, 6.07) is 15.3. The highest BCUT2D eigenvalue weighted by atomic mass is 16.6. The Morgan fingerprint density at radius 3 is 2.38 bits per heavy atom. The topological polar surface area (TPSA) is 72.7 Å². The largest absolute Gasteiger partial charge is 0.444 e. The smallest absolute Gasteiger partial charge is 0.414 e. The molecule has 0 bridgehead atoms. The lowest BCUT2D eigenvalue weighted by Crippen LogP contribution is -2.32. The number of rotatable bonds is 7. The molecule has 126 valence electrons. The average Bonchev–Trinajstić information content (AvgIpc) is 2.61. The Kier molecular flexibility index (Phi) is 6.31. The van der Waals surface area contributed by atoms with E-state index in [1.165, 1.54) is 17.0 Å². The van der Waals surface area contributed by atoms with Crippen LogP contribution in [0.25, 0.3) is 0 Å². The van der Waals surface area contributed by atoms with Crippen molar-refractivity contribution in [3.05, 3.63) is 70.3 Å². The first-order valence-corrected chi connectivity index (χ1v) is 7.84. The van der Waals surface area contributed by atoms with Crippen LogP contribution in [-0.2, 0) is 11.3 Å². The first kappa shape index (κ1) is 17.5. The molecule has 6 nitrogen and oxygen atoms in total. The molecule has 1 amide bonds. The van der Waals surface area contributed by atoms with E-state index >= 15 is 0 Å². The molecule has 0 saturated heterocycles. The van der Waals surface area contributed by atoms with Crippen LogP contribution >= 0.6 is 0 Å². The number of carbonyl (C=O) groups excluding carboxylic acids is 1. The third kappa shape index (κ3) is 4.81. The Balaban J connectivity index is 2.08. The first-order valence-electron chi connectivity index (χ1n) is 7.84. The van der Waals surface area contributed by atoms with Crippen LogP contribution in [0.4, 0.5) is 16.2 Å². The van der Waals surface area contributed by atoms with Crippen LogP contribution in [0.5, 0.6) is 0 Å². The van der Waals surface area contributed by atoms with E-state index in [9.17, 15) is 14.9 Å². The summed E-state index contributed by atoms with van der Waals surface area (Å²) in [4.78, 5) is 24.2. The van der Waals surface area contributed by atoms with Crippen LogP contribution in [-0.4, -0.2) is 17.6 Å². The van der Waals surface area contributed by atoms with Gasteiger partial charge in [-0.15, -0.1) is 0 Å². The minimum absolute atomic E-state index is 0.00755. The Labute approximate surface area is 140 Å². The van der Waals surface area contributed by atoms with Gasteiger partial charge in [0.05, 0.1) is 4.92 Å². The van der Waals surface area contributed by atoms with Gasteiger partial charge in [0.1, 0.15) is 6.61 Å². The highest BCUT2D eigenvalue weighted by molar-refractivity contribution is 5.87. The molecule has 0 N–H and O–H groups in total. The fraction of sp³-hybridized carbons (Fsp3) is 0.278. The van der Waals surface area contributed by atoms with Gasteiger partial charge in [0.15, 0.2) is 0 Å². The number of hydrogen-bond donors (Lipinski definition) is 0. The van der Waals surface area contributed by atoms with E-state index in [2.05, 4.69) is 0 Å². The third-order valence-corrected chi connectivity index (χ3v) is 3.53. The molecule has 2 aromatic rings. The van der Waals surface area contributed by atoms with Crippen LogP contribution in [0.15, 0.2) is 54.6 Å². The fourth-order valence-corrected chi connectivity index (χ4v) is 2.19. The van der Waals surface area contributed by atoms with Crippen molar-refractivity contribution in [2.75, 3.05) is 11.4 Å². The standard InChI is InChI=1S/C18H20N2O4/c1-2-3-13-19(16-9-11-17(12-10-16)20(22)23)18(21)24-14-15-7-5-4-6-8-15/h4-12H,2-3,13-14H2,1H3. The van der Waals surface area contributed by atoms with Gasteiger partial charge in [-0.1, -0.05) is 43.7 Å². The first-order chi connectivity index (χ1) is 11.6. The molecular formula is C18H20N2O4. The van der Waals surface area contributed by atoms with E-state index in [-0.39, 0.29) is 12.3 Å². The van der Waals surface area contributed by atoms with E-state index in [4.69, 9.17) is 4.74 Å². The molecule has 0 aliphatic rings. The summed E-state index contributed by atoms with van der Waals surface area (Å²) in [5.74, 6) is 0. The zero-order valence-electron chi connectivity index (χ0n) is 13.6. The Bertz CT molecular complexity index is 671. The number of amides is 1. The average molecular weight is 328 g/mol. The maximum Gasteiger partial charge on any atom is 0.414 e. The van der Waals surface area contributed by atoms with E-state index in [0.717, 1.165) is 18.4 Å². The number of nitro groups is 1. The van der Waals surface area contributed by atoms with Gasteiger partial charge in [-0.25, -0.2) is 4.79 Å². The summed E-state index contributed by atoms with van der Waals surface area (Å²) < 4.78 is 5.37. The van der Waals surface area contributed by atoms with Gasteiger partial charge in [0, 0.05) is 24.4 Å². The lowest BCUT2D eigenvalue weighted by molar-refractivity contribution is -0.384. The molecule has 0 unspecified atom stereocenters. The van der Waals surface area contributed by atoms with E-state index < -0.39 is 11.0 Å². The van der Waals surface area contributed by atoms with Gasteiger partial charge >= 0.3 is 6.09 Å². The normalized spacial score (nSPS) is 10.2. The Hall–Kier alpha value is -2.89. The van der Waals surface area contributed by atoms with Gasteiger partial charge in [-0.05, 0) is 24.1 Å². The molecule has 0 aromatic heterocycles. The number of nitrogens with zero attached hydrogens (tertiary/aromatic N) is 2. The number of non-ortho nitro benzene ring substituents is 1. The van der Waals surface area contributed by atoms with Crippen LogP contribution in [0.2, 0.25) is 0 Å². The zero-order valence-corrected chi connectivity index (χ0v) is 13.6. The summed E-state index contributed by atoms with van der Waals surface area (Å²) in [6.07, 6.45) is 1.29. The molecule has 0 saturated carbocycles. The van der Waals surface area contributed by atoms with Crippen LogP contribution in [0, 0.1) is 10.1 Å². The SMILES string of the molecule is CCCCN(C(=O)OCc1ccccc1)c1ccc([N+](=O)[O-])cc1. The molecule has 0 heterocycles. The number of anilines is 1. The highest BCUT2D eigenvalue weighted by Crippen LogP contribution is 2.21.